The van der Waals surface area contributed by atoms with E-state index in [0.29, 0.717) is 23.8 Å². The smallest absolute Gasteiger partial charge is 0.203 e. The zero-order valence-electron chi connectivity index (χ0n) is 12.8. The molecule has 0 saturated carbocycles. The summed E-state index contributed by atoms with van der Waals surface area (Å²) in [6.45, 7) is 2.60. The summed E-state index contributed by atoms with van der Waals surface area (Å²) in [6.07, 6.45) is 0. The standard InChI is InChI=1S/C16H21NO3S/c1-10-5-8-14(21-10)12(9-17)11-6-7-13(18-2)16(20-4)15(11)19-3/h5-8,12H,9,17H2,1-4H3. The molecule has 0 amide bonds. The Hall–Kier alpha value is -1.72. The van der Waals surface area contributed by atoms with Crippen molar-refractivity contribution in [2.24, 2.45) is 5.73 Å². The third-order valence-corrected chi connectivity index (χ3v) is 4.56. The first-order chi connectivity index (χ1) is 10.2. The van der Waals surface area contributed by atoms with Crippen LogP contribution in [0.1, 0.15) is 21.2 Å². The second kappa shape index (κ2) is 6.83. The third kappa shape index (κ3) is 2.99. The lowest BCUT2D eigenvalue weighted by Crippen LogP contribution is -2.14. The topological polar surface area (TPSA) is 53.7 Å². The minimum absolute atomic E-state index is 0.0819. The van der Waals surface area contributed by atoms with Gasteiger partial charge in [0.05, 0.1) is 21.3 Å². The van der Waals surface area contributed by atoms with E-state index in [4.69, 9.17) is 19.9 Å². The second-order valence-electron chi connectivity index (χ2n) is 4.66. The largest absolute Gasteiger partial charge is 0.493 e. The molecular weight excluding hydrogens is 286 g/mol. The number of aryl methyl sites for hydroxylation is 1. The van der Waals surface area contributed by atoms with E-state index in [1.54, 1.807) is 32.7 Å². The molecule has 1 aromatic heterocycles. The summed E-state index contributed by atoms with van der Waals surface area (Å²) in [5.74, 6) is 2.01. The molecule has 0 spiro atoms. The van der Waals surface area contributed by atoms with Crippen molar-refractivity contribution in [2.75, 3.05) is 27.9 Å². The highest BCUT2D eigenvalue weighted by Gasteiger charge is 2.23. The number of ether oxygens (including phenoxy) is 3. The van der Waals surface area contributed by atoms with Gasteiger partial charge < -0.3 is 19.9 Å². The third-order valence-electron chi connectivity index (χ3n) is 3.45. The maximum absolute atomic E-state index is 6.01. The zero-order chi connectivity index (χ0) is 15.4. The van der Waals surface area contributed by atoms with Crippen LogP contribution in [0, 0.1) is 6.92 Å². The highest BCUT2D eigenvalue weighted by atomic mass is 32.1. The Kier molecular flexibility index (Phi) is 5.09. The molecule has 1 aromatic carbocycles. The van der Waals surface area contributed by atoms with Crippen LogP contribution >= 0.6 is 11.3 Å². The van der Waals surface area contributed by atoms with Gasteiger partial charge >= 0.3 is 0 Å². The SMILES string of the molecule is COc1ccc(C(CN)c2ccc(C)s2)c(OC)c1OC. The summed E-state index contributed by atoms with van der Waals surface area (Å²) >= 11 is 1.75. The quantitative estimate of drug-likeness (QED) is 0.890. The van der Waals surface area contributed by atoms with E-state index >= 15 is 0 Å². The van der Waals surface area contributed by atoms with Crippen molar-refractivity contribution in [1.29, 1.82) is 0 Å². The van der Waals surface area contributed by atoms with E-state index < -0.39 is 0 Å². The van der Waals surface area contributed by atoms with Crippen molar-refractivity contribution in [2.45, 2.75) is 12.8 Å². The molecule has 1 atom stereocenters. The molecular formula is C16H21NO3S. The lowest BCUT2D eigenvalue weighted by Gasteiger charge is -2.20. The lowest BCUT2D eigenvalue weighted by atomic mass is 9.96. The summed E-state index contributed by atoms with van der Waals surface area (Å²) < 4.78 is 16.3. The van der Waals surface area contributed by atoms with Crippen molar-refractivity contribution in [1.82, 2.24) is 0 Å². The van der Waals surface area contributed by atoms with Crippen LogP contribution < -0.4 is 19.9 Å². The molecule has 0 radical (unpaired) electrons. The number of nitrogens with two attached hydrogens (primary N) is 1. The Morgan fingerprint density at radius 1 is 1.00 bits per heavy atom. The van der Waals surface area contributed by atoms with Gasteiger partial charge in [-0.2, -0.15) is 0 Å². The van der Waals surface area contributed by atoms with Gasteiger partial charge in [-0.05, 0) is 25.1 Å². The molecule has 0 bridgehead atoms. The van der Waals surface area contributed by atoms with Crippen molar-refractivity contribution < 1.29 is 14.2 Å². The fourth-order valence-corrected chi connectivity index (χ4v) is 3.45. The molecule has 1 unspecified atom stereocenters. The molecule has 2 rings (SSSR count). The molecule has 114 valence electrons. The monoisotopic (exact) mass is 307 g/mol. The van der Waals surface area contributed by atoms with E-state index in [1.165, 1.54) is 9.75 Å². The summed E-state index contributed by atoms with van der Waals surface area (Å²) in [5, 5.41) is 0. The van der Waals surface area contributed by atoms with E-state index in [1.807, 2.05) is 12.1 Å². The van der Waals surface area contributed by atoms with Crippen molar-refractivity contribution in [3.63, 3.8) is 0 Å². The molecule has 0 fully saturated rings. The highest BCUT2D eigenvalue weighted by molar-refractivity contribution is 7.12. The summed E-state index contributed by atoms with van der Waals surface area (Å²) in [5.41, 5.74) is 7.02. The lowest BCUT2D eigenvalue weighted by molar-refractivity contribution is 0.321. The average Bonchev–Trinajstić information content (AvgIpc) is 2.93. The van der Waals surface area contributed by atoms with Crippen LogP contribution in [0.5, 0.6) is 17.2 Å². The molecule has 2 N–H and O–H groups in total. The first kappa shape index (κ1) is 15.7. The fraction of sp³-hybridized carbons (Fsp3) is 0.375. The highest BCUT2D eigenvalue weighted by Crippen LogP contribution is 2.44. The first-order valence-corrected chi connectivity index (χ1v) is 7.53. The molecule has 1 heterocycles. The number of benzene rings is 1. The van der Waals surface area contributed by atoms with E-state index in [9.17, 15) is 0 Å². The van der Waals surface area contributed by atoms with Crippen LogP contribution in [0.25, 0.3) is 0 Å². The Morgan fingerprint density at radius 2 is 1.71 bits per heavy atom. The molecule has 4 nitrogen and oxygen atoms in total. The maximum atomic E-state index is 6.01. The normalized spacial score (nSPS) is 12.0. The number of hydrogen-bond donors (Lipinski definition) is 1. The molecule has 5 heteroatoms. The summed E-state index contributed by atoms with van der Waals surface area (Å²) in [6, 6.07) is 8.11. The van der Waals surface area contributed by atoms with Crippen molar-refractivity contribution >= 4 is 11.3 Å². The molecule has 0 aliphatic heterocycles. The molecule has 2 aromatic rings. The van der Waals surface area contributed by atoms with Crippen LogP contribution in [0.2, 0.25) is 0 Å². The Labute approximate surface area is 129 Å². The van der Waals surface area contributed by atoms with E-state index in [0.717, 1.165) is 5.56 Å². The molecule has 0 aliphatic rings. The minimum Gasteiger partial charge on any atom is -0.493 e. The van der Waals surface area contributed by atoms with Gasteiger partial charge in [0.1, 0.15) is 0 Å². The number of rotatable bonds is 6. The maximum Gasteiger partial charge on any atom is 0.203 e. The number of thiophene rings is 1. The Bertz CT molecular complexity index is 610. The van der Waals surface area contributed by atoms with E-state index in [-0.39, 0.29) is 5.92 Å². The summed E-state index contributed by atoms with van der Waals surface area (Å²) in [7, 11) is 4.85. The van der Waals surface area contributed by atoms with Crippen molar-refractivity contribution in [3.8, 4) is 17.2 Å². The predicted octanol–water partition coefficient (Wildman–Crippen LogP) is 3.17. The van der Waals surface area contributed by atoms with E-state index in [2.05, 4.69) is 19.1 Å². The van der Waals surface area contributed by atoms with Gasteiger partial charge in [-0.3, -0.25) is 0 Å². The minimum atomic E-state index is 0.0819. The van der Waals surface area contributed by atoms with Gasteiger partial charge in [-0.1, -0.05) is 6.07 Å². The van der Waals surface area contributed by atoms with Gasteiger partial charge in [0, 0.05) is 27.8 Å². The van der Waals surface area contributed by atoms with Crippen LogP contribution in [0.3, 0.4) is 0 Å². The number of hydrogen-bond acceptors (Lipinski definition) is 5. The van der Waals surface area contributed by atoms with Gasteiger partial charge in [0.15, 0.2) is 11.5 Å². The van der Waals surface area contributed by atoms with Gasteiger partial charge in [-0.15, -0.1) is 11.3 Å². The summed E-state index contributed by atoms with van der Waals surface area (Å²) in [4.78, 5) is 2.49. The molecule has 0 saturated heterocycles. The molecule has 21 heavy (non-hydrogen) atoms. The number of methoxy groups -OCH3 is 3. The van der Waals surface area contributed by atoms with Crippen LogP contribution in [0.4, 0.5) is 0 Å². The van der Waals surface area contributed by atoms with Crippen LogP contribution in [0.15, 0.2) is 24.3 Å². The zero-order valence-corrected chi connectivity index (χ0v) is 13.6. The van der Waals surface area contributed by atoms with Gasteiger partial charge in [-0.25, -0.2) is 0 Å². The first-order valence-electron chi connectivity index (χ1n) is 6.71. The fourth-order valence-electron chi connectivity index (χ4n) is 2.44. The van der Waals surface area contributed by atoms with Crippen molar-refractivity contribution in [3.05, 3.63) is 39.6 Å². The molecule has 0 aliphatic carbocycles. The predicted molar refractivity (Wildman–Crippen MR) is 86.1 cm³/mol. The van der Waals surface area contributed by atoms with Gasteiger partial charge in [0.2, 0.25) is 5.75 Å². The van der Waals surface area contributed by atoms with Crippen LogP contribution in [-0.4, -0.2) is 27.9 Å². The Balaban J connectivity index is 2.55. The Morgan fingerprint density at radius 3 is 2.19 bits per heavy atom. The van der Waals surface area contributed by atoms with Crippen LogP contribution in [-0.2, 0) is 0 Å². The van der Waals surface area contributed by atoms with Gasteiger partial charge in [0.25, 0.3) is 0 Å². The second-order valence-corrected chi connectivity index (χ2v) is 5.98. The average molecular weight is 307 g/mol.